The molecule has 1 heterocycles. The highest BCUT2D eigenvalue weighted by Crippen LogP contribution is 2.31. The van der Waals surface area contributed by atoms with Crippen LogP contribution in [0.2, 0.25) is 0 Å². The summed E-state index contributed by atoms with van der Waals surface area (Å²) in [4.78, 5) is 6.20. The maximum Gasteiger partial charge on any atom is 0.123 e. The van der Waals surface area contributed by atoms with Gasteiger partial charge in [0.15, 0.2) is 0 Å². The molecule has 19 heavy (non-hydrogen) atoms. The second-order valence-electron chi connectivity index (χ2n) is 5.38. The average Bonchev–Trinajstić information content (AvgIpc) is 2.81. The monoisotopic (exact) mass is 274 g/mol. The third kappa shape index (κ3) is 3.64. The Morgan fingerprint density at radius 3 is 2.37 bits per heavy atom. The predicted octanol–water partition coefficient (Wildman–Crippen LogP) is 4.43. The van der Waals surface area contributed by atoms with Gasteiger partial charge in [0.1, 0.15) is 5.01 Å². The maximum absolute atomic E-state index is 4.84. The maximum atomic E-state index is 4.84. The highest BCUT2D eigenvalue weighted by atomic mass is 32.1. The number of nitrogens with one attached hydrogen (secondary N) is 1. The third-order valence-corrected chi connectivity index (χ3v) is 4.09. The Morgan fingerprint density at radius 1 is 1.11 bits per heavy atom. The zero-order valence-electron chi connectivity index (χ0n) is 12.1. The average molecular weight is 274 g/mol. The van der Waals surface area contributed by atoms with Crippen LogP contribution in [0.15, 0.2) is 30.3 Å². The van der Waals surface area contributed by atoms with Gasteiger partial charge >= 0.3 is 0 Å². The van der Waals surface area contributed by atoms with Crippen molar-refractivity contribution >= 4 is 11.3 Å². The Morgan fingerprint density at radius 2 is 1.79 bits per heavy atom. The van der Waals surface area contributed by atoms with E-state index in [0.29, 0.717) is 12.0 Å². The normalized spacial score (nSPS) is 11.5. The predicted molar refractivity (Wildman–Crippen MR) is 83.6 cm³/mol. The molecule has 0 atom stereocenters. The van der Waals surface area contributed by atoms with Crippen molar-refractivity contribution in [2.24, 2.45) is 0 Å². The van der Waals surface area contributed by atoms with E-state index >= 15 is 0 Å². The summed E-state index contributed by atoms with van der Waals surface area (Å²) in [5.41, 5.74) is 2.45. The smallest absolute Gasteiger partial charge is 0.123 e. The lowest BCUT2D eigenvalue weighted by atomic mass is 10.1. The van der Waals surface area contributed by atoms with Crippen LogP contribution in [-0.2, 0) is 6.54 Å². The van der Waals surface area contributed by atoms with Crippen LogP contribution in [0.4, 0.5) is 0 Å². The fourth-order valence-corrected chi connectivity index (χ4v) is 3.12. The standard InChI is InChI=1S/C16H22N2S/c1-11(2)15-14(10-17-12(3)4)19-16(18-15)13-8-6-5-7-9-13/h5-9,11-12,17H,10H2,1-4H3. The summed E-state index contributed by atoms with van der Waals surface area (Å²) in [6, 6.07) is 10.9. The van der Waals surface area contributed by atoms with Gasteiger partial charge in [0.25, 0.3) is 0 Å². The van der Waals surface area contributed by atoms with Gasteiger partial charge in [0.05, 0.1) is 5.69 Å². The molecule has 0 saturated carbocycles. The summed E-state index contributed by atoms with van der Waals surface area (Å²) in [5.74, 6) is 0.470. The van der Waals surface area contributed by atoms with E-state index < -0.39 is 0 Å². The van der Waals surface area contributed by atoms with E-state index in [-0.39, 0.29) is 0 Å². The number of thiazole rings is 1. The van der Waals surface area contributed by atoms with Crippen LogP contribution in [-0.4, -0.2) is 11.0 Å². The van der Waals surface area contributed by atoms with Gasteiger partial charge in [-0.05, 0) is 5.92 Å². The Hall–Kier alpha value is -1.19. The van der Waals surface area contributed by atoms with E-state index in [4.69, 9.17) is 4.98 Å². The molecule has 0 fully saturated rings. The molecule has 2 nitrogen and oxygen atoms in total. The number of benzene rings is 1. The lowest BCUT2D eigenvalue weighted by Crippen LogP contribution is -2.22. The van der Waals surface area contributed by atoms with E-state index in [2.05, 4.69) is 57.3 Å². The van der Waals surface area contributed by atoms with Crippen LogP contribution in [0.1, 0.15) is 44.2 Å². The van der Waals surface area contributed by atoms with Crippen molar-refractivity contribution in [2.45, 2.75) is 46.2 Å². The van der Waals surface area contributed by atoms with E-state index in [1.165, 1.54) is 16.1 Å². The summed E-state index contributed by atoms with van der Waals surface area (Å²) >= 11 is 1.81. The quantitative estimate of drug-likeness (QED) is 0.872. The van der Waals surface area contributed by atoms with Gasteiger partial charge in [-0.1, -0.05) is 58.0 Å². The second kappa shape index (κ2) is 6.31. The molecule has 0 aliphatic carbocycles. The topological polar surface area (TPSA) is 24.9 Å². The third-order valence-electron chi connectivity index (χ3n) is 2.97. The molecule has 102 valence electrons. The van der Waals surface area contributed by atoms with E-state index in [0.717, 1.165) is 11.6 Å². The van der Waals surface area contributed by atoms with Crippen molar-refractivity contribution in [3.63, 3.8) is 0 Å². The first kappa shape index (κ1) is 14.2. The number of aromatic nitrogens is 1. The Labute approximate surface area is 119 Å². The fraction of sp³-hybridized carbons (Fsp3) is 0.438. The van der Waals surface area contributed by atoms with Gasteiger partial charge in [0.2, 0.25) is 0 Å². The number of hydrogen-bond donors (Lipinski definition) is 1. The van der Waals surface area contributed by atoms with Crippen LogP contribution in [0.3, 0.4) is 0 Å². The minimum Gasteiger partial charge on any atom is -0.310 e. The first-order valence-corrected chi connectivity index (χ1v) is 7.68. The van der Waals surface area contributed by atoms with Crippen LogP contribution in [0.5, 0.6) is 0 Å². The molecule has 0 bridgehead atoms. The molecule has 0 amide bonds. The lowest BCUT2D eigenvalue weighted by molar-refractivity contribution is 0.588. The number of nitrogens with zero attached hydrogens (tertiary/aromatic N) is 1. The summed E-state index contributed by atoms with van der Waals surface area (Å²) < 4.78 is 0. The molecular formula is C16H22N2S. The molecule has 0 saturated heterocycles. The molecule has 1 aromatic carbocycles. The van der Waals surface area contributed by atoms with Crippen LogP contribution >= 0.6 is 11.3 Å². The first-order chi connectivity index (χ1) is 9.08. The van der Waals surface area contributed by atoms with Crippen molar-refractivity contribution in [3.05, 3.63) is 40.9 Å². The van der Waals surface area contributed by atoms with Crippen LogP contribution in [0, 0.1) is 0 Å². The largest absolute Gasteiger partial charge is 0.310 e. The molecule has 3 heteroatoms. The fourth-order valence-electron chi connectivity index (χ4n) is 1.94. The molecule has 1 aromatic heterocycles. The highest BCUT2D eigenvalue weighted by molar-refractivity contribution is 7.15. The SMILES string of the molecule is CC(C)NCc1sc(-c2ccccc2)nc1C(C)C. The van der Waals surface area contributed by atoms with Crippen molar-refractivity contribution in [1.82, 2.24) is 10.3 Å². The molecule has 2 aromatic rings. The molecule has 0 spiro atoms. The Kier molecular flexibility index (Phi) is 4.72. The minimum atomic E-state index is 0.470. The Balaban J connectivity index is 2.30. The highest BCUT2D eigenvalue weighted by Gasteiger charge is 2.15. The van der Waals surface area contributed by atoms with Gasteiger partial charge in [-0.3, -0.25) is 0 Å². The van der Waals surface area contributed by atoms with E-state index in [1.54, 1.807) is 0 Å². The lowest BCUT2D eigenvalue weighted by Gasteiger charge is -2.09. The summed E-state index contributed by atoms with van der Waals surface area (Å²) in [5, 5.41) is 4.62. The summed E-state index contributed by atoms with van der Waals surface area (Å²) in [7, 11) is 0. The second-order valence-corrected chi connectivity index (χ2v) is 6.47. The van der Waals surface area contributed by atoms with Gasteiger partial charge < -0.3 is 5.32 Å². The van der Waals surface area contributed by atoms with Crippen molar-refractivity contribution in [3.8, 4) is 10.6 Å². The molecule has 2 rings (SSSR count). The molecule has 1 N–H and O–H groups in total. The summed E-state index contributed by atoms with van der Waals surface area (Å²) in [6.45, 7) is 9.68. The number of rotatable bonds is 5. The van der Waals surface area contributed by atoms with E-state index in [1.807, 2.05) is 17.4 Å². The minimum absolute atomic E-state index is 0.470. The molecule has 0 radical (unpaired) electrons. The molecule has 0 aliphatic rings. The van der Waals surface area contributed by atoms with E-state index in [9.17, 15) is 0 Å². The van der Waals surface area contributed by atoms with Crippen molar-refractivity contribution in [1.29, 1.82) is 0 Å². The number of hydrogen-bond acceptors (Lipinski definition) is 3. The zero-order chi connectivity index (χ0) is 13.8. The first-order valence-electron chi connectivity index (χ1n) is 6.86. The van der Waals surface area contributed by atoms with Crippen molar-refractivity contribution < 1.29 is 0 Å². The van der Waals surface area contributed by atoms with Gasteiger partial charge in [-0.25, -0.2) is 4.98 Å². The molecule has 0 unspecified atom stereocenters. The van der Waals surface area contributed by atoms with Gasteiger partial charge in [-0.15, -0.1) is 11.3 Å². The summed E-state index contributed by atoms with van der Waals surface area (Å²) in [6.07, 6.45) is 0. The van der Waals surface area contributed by atoms with Crippen molar-refractivity contribution in [2.75, 3.05) is 0 Å². The van der Waals surface area contributed by atoms with Gasteiger partial charge in [0, 0.05) is 23.0 Å². The van der Waals surface area contributed by atoms with Gasteiger partial charge in [-0.2, -0.15) is 0 Å². The van der Waals surface area contributed by atoms with Crippen LogP contribution in [0.25, 0.3) is 10.6 Å². The Bertz CT molecular complexity index is 515. The van der Waals surface area contributed by atoms with Crippen LogP contribution < -0.4 is 5.32 Å². The zero-order valence-corrected chi connectivity index (χ0v) is 12.9. The molecule has 0 aliphatic heterocycles. The molecular weight excluding hydrogens is 252 g/mol.